The number of hydrogen-bond acceptors (Lipinski definition) is 5. The molecular formula is C32H22F6O2S3. The number of allylic oxidation sites excluding steroid dienone is 2. The maximum absolute atomic E-state index is 16.0. The molecule has 3 aromatic carbocycles. The maximum Gasteiger partial charge on any atom is 0.380 e. The molecule has 0 saturated heterocycles. The molecule has 1 atom stereocenters. The van der Waals surface area contributed by atoms with Crippen molar-refractivity contribution in [1.29, 1.82) is 0 Å². The van der Waals surface area contributed by atoms with E-state index in [-0.39, 0.29) is 27.7 Å². The number of thiophene rings is 3. The average molecular weight is 649 g/mol. The van der Waals surface area contributed by atoms with Gasteiger partial charge in [0.2, 0.25) is 0 Å². The molecule has 0 saturated carbocycles. The summed E-state index contributed by atoms with van der Waals surface area (Å²) in [6, 6.07) is 17.8. The van der Waals surface area contributed by atoms with Gasteiger partial charge in [-0.1, -0.05) is 36.4 Å². The van der Waals surface area contributed by atoms with E-state index < -0.39 is 35.0 Å². The summed E-state index contributed by atoms with van der Waals surface area (Å²) in [4.78, 5) is -0.617. The van der Waals surface area contributed by atoms with Crippen molar-refractivity contribution in [3.8, 4) is 0 Å². The molecule has 7 rings (SSSR count). The van der Waals surface area contributed by atoms with Crippen LogP contribution in [0, 0.1) is 6.92 Å². The summed E-state index contributed by atoms with van der Waals surface area (Å²) >= 11 is 3.14. The van der Waals surface area contributed by atoms with Crippen molar-refractivity contribution < 1.29 is 35.8 Å². The number of aryl methyl sites for hydroxylation is 1. The number of fused-ring (bicyclic) bond motifs is 6. The van der Waals surface area contributed by atoms with Crippen LogP contribution in [-0.2, 0) is 9.47 Å². The summed E-state index contributed by atoms with van der Waals surface area (Å²) in [6.45, 7) is 2.90. The fraction of sp³-hybridized carbons (Fsp3) is 0.250. The molecular weight excluding hydrogens is 627 g/mol. The van der Waals surface area contributed by atoms with Crippen molar-refractivity contribution in [2.75, 3.05) is 13.9 Å². The van der Waals surface area contributed by atoms with Gasteiger partial charge >= 0.3 is 17.8 Å². The van der Waals surface area contributed by atoms with Crippen LogP contribution in [0.15, 0.2) is 60.7 Å². The number of halogens is 6. The van der Waals surface area contributed by atoms with Gasteiger partial charge < -0.3 is 9.47 Å². The molecule has 3 heterocycles. The minimum atomic E-state index is -5.66. The smallest absolute Gasteiger partial charge is 0.359 e. The Hall–Kier alpha value is -2.96. The standard InChI is InChI=1S/C32H22F6O2S3/c1-15-23-21(12-13-22-25(23)18-9-5-6-10-19(18)41-22)43-28(15)26-27(31(35,36)32(37,38)30(26,33)34)29-24(16(2)40-14-39-3)17-8-4-7-11-20(17)42-29/h4-13,16H,14H2,1-3H3. The summed E-state index contributed by atoms with van der Waals surface area (Å²) in [5, 5.41) is 2.75. The van der Waals surface area contributed by atoms with Gasteiger partial charge in [-0.15, -0.1) is 34.0 Å². The van der Waals surface area contributed by atoms with Gasteiger partial charge in [0, 0.05) is 57.4 Å². The Kier molecular flexibility index (Phi) is 6.54. The van der Waals surface area contributed by atoms with Crippen LogP contribution in [0.1, 0.15) is 33.9 Å². The molecule has 3 aromatic heterocycles. The fourth-order valence-corrected chi connectivity index (χ4v) is 9.83. The van der Waals surface area contributed by atoms with E-state index in [0.29, 0.717) is 20.2 Å². The van der Waals surface area contributed by atoms with Gasteiger partial charge in [-0.3, -0.25) is 0 Å². The van der Waals surface area contributed by atoms with E-state index in [1.165, 1.54) is 18.4 Å². The zero-order valence-electron chi connectivity index (χ0n) is 22.9. The van der Waals surface area contributed by atoms with Crippen LogP contribution < -0.4 is 0 Å². The topological polar surface area (TPSA) is 18.5 Å². The van der Waals surface area contributed by atoms with Crippen LogP contribution in [0.4, 0.5) is 26.3 Å². The first kappa shape index (κ1) is 28.8. The molecule has 0 spiro atoms. The Bertz CT molecular complexity index is 2100. The van der Waals surface area contributed by atoms with Crippen molar-refractivity contribution in [3.05, 3.63) is 81.5 Å². The van der Waals surface area contributed by atoms with Gasteiger partial charge in [0.15, 0.2) is 0 Å². The molecule has 0 fully saturated rings. The number of benzene rings is 3. The number of methoxy groups -OCH3 is 1. The second kappa shape index (κ2) is 9.77. The zero-order valence-corrected chi connectivity index (χ0v) is 25.3. The summed E-state index contributed by atoms with van der Waals surface area (Å²) in [5.74, 6) is -16.0. The van der Waals surface area contributed by atoms with E-state index in [0.717, 1.165) is 42.8 Å². The molecule has 6 aromatic rings. The van der Waals surface area contributed by atoms with Crippen molar-refractivity contribution >= 4 is 85.5 Å². The van der Waals surface area contributed by atoms with Gasteiger partial charge in [0.1, 0.15) is 6.79 Å². The predicted octanol–water partition coefficient (Wildman–Crippen LogP) is 11.3. The first-order chi connectivity index (χ1) is 20.4. The third-order valence-corrected chi connectivity index (χ3v) is 11.6. The summed E-state index contributed by atoms with van der Waals surface area (Å²) in [6.07, 6.45) is -0.918. The lowest BCUT2D eigenvalue weighted by atomic mass is 9.96. The SMILES string of the molecule is COCOC(C)c1c(C2=C(c3sc4ccc5sc6ccccc6c5c4c3C)C(F)(F)C(F)(F)C2(F)F)sc2ccccc12. The first-order valence-corrected chi connectivity index (χ1v) is 15.7. The lowest BCUT2D eigenvalue weighted by molar-refractivity contribution is -0.254. The number of rotatable bonds is 6. The highest BCUT2D eigenvalue weighted by molar-refractivity contribution is 7.26. The molecule has 1 aliphatic carbocycles. The van der Waals surface area contributed by atoms with E-state index in [9.17, 15) is 0 Å². The highest BCUT2D eigenvalue weighted by Crippen LogP contribution is 2.67. The Morgan fingerprint density at radius 3 is 1.86 bits per heavy atom. The molecule has 0 bridgehead atoms. The minimum Gasteiger partial charge on any atom is -0.359 e. The second-order valence-corrected chi connectivity index (χ2v) is 13.7. The highest BCUT2D eigenvalue weighted by atomic mass is 32.1. The Balaban J connectivity index is 1.60. The average Bonchev–Trinajstić information content (AvgIpc) is 3.66. The van der Waals surface area contributed by atoms with Crippen LogP contribution in [0.25, 0.3) is 51.5 Å². The normalized spacial score (nSPS) is 18.5. The molecule has 43 heavy (non-hydrogen) atoms. The largest absolute Gasteiger partial charge is 0.380 e. The van der Waals surface area contributed by atoms with Gasteiger partial charge in [-0.2, -0.15) is 26.3 Å². The molecule has 0 radical (unpaired) electrons. The number of ether oxygens (including phenoxy) is 2. The van der Waals surface area contributed by atoms with Crippen molar-refractivity contribution in [2.45, 2.75) is 37.7 Å². The molecule has 2 nitrogen and oxygen atoms in total. The minimum absolute atomic E-state index is 0.142. The van der Waals surface area contributed by atoms with E-state index in [4.69, 9.17) is 9.47 Å². The summed E-state index contributed by atoms with van der Waals surface area (Å²) < 4.78 is 108. The second-order valence-electron chi connectivity index (χ2n) is 10.5. The van der Waals surface area contributed by atoms with E-state index in [2.05, 4.69) is 0 Å². The van der Waals surface area contributed by atoms with E-state index >= 15 is 26.3 Å². The van der Waals surface area contributed by atoms with E-state index in [1.54, 1.807) is 44.2 Å². The van der Waals surface area contributed by atoms with Crippen molar-refractivity contribution in [1.82, 2.24) is 0 Å². The molecule has 0 N–H and O–H groups in total. The fourth-order valence-electron chi connectivity index (χ4n) is 6.04. The molecule has 11 heteroatoms. The number of alkyl halides is 6. The maximum atomic E-state index is 16.0. The predicted molar refractivity (Wildman–Crippen MR) is 164 cm³/mol. The molecule has 1 aliphatic rings. The summed E-state index contributed by atoms with van der Waals surface area (Å²) in [5.41, 5.74) is -2.28. The Morgan fingerprint density at radius 1 is 0.674 bits per heavy atom. The monoisotopic (exact) mass is 648 g/mol. The zero-order chi connectivity index (χ0) is 30.5. The third-order valence-electron chi connectivity index (χ3n) is 8.03. The molecule has 0 amide bonds. The van der Waals surface area contributed by atoms with Crippen LogP contribution in [-0.4, -0.2) is 31.7 Å². The highest BCUT2D eigenvalue weighted by Gasteiger charge is 2.81. The van der Waals surface area contributed by atoms with Crippen LogP contribution >= 0.6 is 34.0 Å². The van der Waals surface area contributed by atoms with Crippen LogP contribution in [0.3, 0.4) is 0 Å². The lowest BCUT2D eigenvalue weighted by Crippen LogP contribution is -2.48. The van der Waals surface area contributed by atoms with Crippen LogP contribution in [0.2, 0.25) is 0 Å². The van der Waals surface area contributed by atoms with Crippen molar-refractivity contribution in [3.63, 3.8) is 0 Å². The van der Waals surface area contributed by atoms with E-state index in [1.807, 2.05) is 30.3 Å². The van der Waals surface area contributed by atoms with Gasteiger partial charge in [-0.05, 0) is 49.1 Å². The number of hydrogen-bond donors (Lipinski definition) is 0. The Morgan fingerprint density at radius 2 is 1.21 bits per heavy atom. The van der Waals surface area contributed by atoms with Gasteiger partial charge in [-0.25, -0.2) is 0 Å². The lowest BCUT2D eigenvalue weighted by Gasteiger charge is -2.26. The molecule has 0 aliphatic heterocycles. The first-order valence-electron chi connectivity index (χ1n) is 13.3. The molecule has 1 unspecified atom stereocenters. The third kappa shape index (κ3) is 3.84. The van der Waals surface area contributed by atoms with Crippen LogP contribution in [0.5, 0.6) is 0 Å². The Labute approximate surface area is 253 Å². The molecule has 222 valence electrons. The van der Waals surface area contributed by atoms with Crippen molar-refractivity contribution in [2.24, 2.45) is 0 Å². The summed E-state index contributed by atoms with van der Waals surface area (Å²) in [7, 11) is 1.38. The van der Waals surface area contributed by atoms with Gasteiger partial charge in [0.05, 0.1) is 17.3 Å². The quantitative estimate of drug-likeness (QED) is 0.132. The van der Waals surface area contributed by atoms with Gasteiger partial charge in [0.25, 0.3) is 0 Å².